The third-order valence-electron chi connectivity index (χ3n) is 4.42. The molecule has 3 N–H and O–H groups in total. The lowest BCUT2D eigenvalue weighted by molar-refractivity contribution is 0.282. The lowest BCUT2D eigenvalue weighted by atomic mass is 9.96. The maximum Gasteiger partial charge on any atom is 0.137 e. The number of pyridine rings is 1. The van der Waals surface area contributed by atoms with Crippen LogP contribution in [-0.4, -0.2) is 30.7 Å². The molecule has 1 aromatic carbocycles. The van der Waals surface area contributed by atoms with E-state index in [0.29, 0.717) is 12.0 Å². The van der Waals surface area contributed by atoms with Crippen molar-refractivity contribution in [3.05, 3.63) is 59.9 Å². The first kappa shape index (κ1) is 19.4. The van der Waals surface area contributed by atoms with Crippen LogP contribution in [0, 0.1) is 6.92 Å². The molecule has 1 aliphatic rings. The Morgan fingerprint density at radius 1 is 1.20 bits per heavy atom. The fraction of sp³-hybridized carbons (Fsp3) is 0.476. The van der Waals surface area contributed by atoms with Crippen LogP contribution in [0.1, 0.15) is 37.8 Å². The van der Waals surface area contributed by atoms with Crippen LogP contribution < -0.4 is 15.8 Å². The minimum Gasteiger partial charge on any atom is -0.490 e. The smallest absolute Gasteiger partial charge is 0.137 e. The third kappa shape index (κ3) is 5.83. The first-order chi connectivity index (χ1) is 12.2. The molecule has 1 aliphatic carbocycles. The van der Waals surface area contributed by atoms with E-state index in [9.17, 15) is 0 Å². The van der Waals surface area contributed by atoms with Crippen LogP contribution in [0.2, 0.25) is 0 Å². The highest BCUT2D eigenvalue weighted by atomic mass is 16.5. The van der Waals surface area contributed by atoms with E-state index in [0.717, 1.165) is 24.4 Å². The van der Waals surface area contributed by atoms with Gasteiger partial charge in [0.25, 0.3) is 0 Å². The summed E-state index contributed by atoms with van der Waals surface area (Å²) in [6.45, 7) is 8.24. The minimum atomic E-state index is -0.0258. The standard InChI is InChI=1S/C19H25N3O.C2H6/c1-15-9-18(12-21-10-15)23-13-17(20)11-22-14-19(7-8-19)16-5-3-2-4-6-16;1-2/h2-6,9-10,12,17,22H,7-8,11,13-14,20H2,1H3;1-2H3. The molecule has 3 rings (SSSR count). The summed E-state index contributed by atoms with van der Waals surface area (Å²) in [4.78, 5) is 4.12. The van der Waals surface area contributed by atoms with Gasteiger partial charge in [-0.3, -0.25) is 4.98 Å². The van der Waals surface area contributed by atoms with Crippen LogP contribution in [0.25, 0.3) is 0 Å². The van der Waals surface area contributed by atoms with Crippen LogP contribution in [0.15, 0.2) is 48.8 Å². The molecule has 4 heteroatoms. The van der Waals surface area contributed by atoms with Crippen molar-refractivity contribution in [3.63, 3.8) is 0 Å². The Kier molecular flexibility index (Phi) is 7.41. The van der Waals surface area contributed by atoms with Crippen molar-refractivity contribution in [2.45, 2.75) is 45.1 Å². The van der Waals surface area contributed by atoms with Crippen molar-refractivity contribution in [2.24, 2.45) is 5.73 Å². The number of aromatic nitrogens is 1. The summed E-state index contributed by atoms with van der Waals surface area (Å²) in [7, 11) is 0. The zero-order valence-corrected chi connectivity index (χ0v) is 15.7. The highest BCUT2D eigenvalue weighted by molar-refractivity contribution is 5.31. The van der Waals surface area contributed by atoms with Gasteiger partial charge in [0.2, 0.25) is 0 Å². The molecule has 1 unspecified atom stereocenters. The molecule has 1 fully saturated rings. The van der Waals surface area contributed by atoms with E-state index in [2.05, 4.69) is 40.6 Å². The lowest BCUT2D eigenvalue weighted by Gasteiger charge is -2.19. The number of nitrogens with two attached hydrogens (primary N) is 1. The maximum absolute atomic E-state index is 6.14. The molecule has 1 atom stereocenters. The molecule has 0 amide bonds. The summed E-state index contributed by atoms with van der Waals surface area (Å²) in [6.07, 6.45) is 6.05. The van der Waals surface area contributed by atoms with Gasteiger partial charge < -0.3 is 15.8 Å². The first-order valence-corrected chi connectivity index (χ1v) is 9.24. The van der Waals surface area contributed by atoms with Gasteiger partial charge in [0.15, 0.2) is 0 Å². The van der Waals surface area contributed by atoms with E-state index in [4.69, 9.17) is 10.5 Å². The number of nitrogens with zero attached hydrogens (tertiary/aromatic N) is 1. The van der Waals surface area contributed by atoms with E-state index in [1.807, 2.05) is 33.0 Å². The normalized spacial score (nSPS) is 15.7. The predicted molar refractivity (Wildman–Crippen MR) is 104 cm³/mol. The number of ether oxygens (including phenoxy) is 1. The Hall–Kier alpha value is -1.91. The Balaban J connectivity index is 0.00000109. The molecule has 0 bridgehead atoms. The second-order valence-electron chi connectivity index (χ2n) is 6.55. The van der Waals surface area contributed by atoms with E-state index < -0.39 is 0 Å². The number of benzene rings is 1. The molecule has 2 aromatic rings. The van der Waals surface area contributed by atoms with Crippen molar-refractivity contribution < 1.29 is 4.74 Å². The summed E-state index contributed by atoms with van der Waals surface area (Å²) < 4.78 is 5.70. The highest BCUT2D eigenvalue weighted by Gasteiger charge is 2.43. The van der Waals surface area contributed by atoms with E-state index >= 15 is 0 Å². The van der Waals surface area contributed by atoms with Crippen LogP contribution in [0.5, 0.6) is 5.75 Å². The molecule has 1 aromatic heterocycles. The van der Waals surface area contributed by atoms with Crippen molar-refractivity contribution in [1.29, 1.82) is 0 Å². The highest BCUT2D eigenvalue weighted by Crippen LogP contribution is 2.47. The van der Waals surface area contributed by atoms with Crippen molar-refractivity contribution in [1.82, 2.24) is 10.3 Å². The Bertz CT molecular complexity index is 626. The molecule has 4 nitrogen and oxygen atoms in total. The fourth-order valence-electron chi connectivity index (χ4n) is 2.88. The molecule has 25 heavy (non-hydrogen) atoms. The average Bonchev–Trinajstić information content (AvgIpc) is 3.44. The Morgan fingerprint density at radius 3 is 2.56 bits per heavy atom. The molecule has 0 radical (unpaired) electrons. The molecule has 1 saturated carbocycles. The average molecular weight is 341 g/mol. The zero-order valence-electron chi connectivity index (χ0n) is 15.7. The Morgan fingerprint density at radius 2 is 1.92 bits per heavy atom. The monoisotopic (exact) mass is 341 g/mol. The quantitative estimate of drug-likeness (QED) is 0.772. The van der Waals surface area contributed by atoms with E-state index in [1.54, 1.807) is 6.20 Å². The second-order valence-corrected chi connectivity index (χ2v) is 6.55. The summed E-state index contributed by atoms with van der Waals surface area (Å²) in [5, 5.41) is 3.51. The lowest BCUT2D eigenvalue weighted by Crippen LogP contribution is -2.41. The SMILES string of the molecule is CC.Cc1cncc(OCC(N)CNCC2(c3ccccc3)CC2)c1. The van der Waals surface area contributed by atoms with Crippen molar-refractivity contribution >= 4 is 0 Å². The number of hydrogen-bond acceptors (Lipinski definition) is 4. The summed E-state index contributed by atoms with van der Waals surface area (Å²) in [6, 6.07) is 12.7. The minimum absolute atomic E-state index is 0.0258. The second kappa shape index (κ2) is 9.54. The van der Waals surface area contributed by atoms with Crippen LogP contribution in [0.4, 0.5) is 0 Å². The predicted octanol–water partition coefficient (Wildman–Crippen LogP) is 3.44. The Labute approximate surface area is 151 Å². The molecule has 0 saturated heterocycles. The van der Waals surface area contributed by atoms with Crippen LogP contribution >= 0.6 is 0 Å². The summed E-state index contributed by atoms with van der Waals surface area (Å²) in [5.41, 5.74) is 8.99. The van der Waals surface area contributed by atoms with Crippen LogP contribution in [-0.2, 0) is 5.41 Å². The fourth-order valence-corrected chi connectivity index (χ4v) is 2.88. The summed E-state index contributed by atoms with van der Waals surface area (Å²) >= 11 is 0. The van der Waals surface area contributed by atoms with Crippen molar-refractivity contribution in [2.75, 3.05) is 19.7 Å². The number of nitrogens with one attached hydrogen (secondary N) is 1. The van der Waals surface area contributed by atoms with Gasteiger partial charge in [0.05, 0.1) is 12.2 Å². The summed E-state index contributed by atoms with van der Waals surface area (Å²) in [5.74, 6) is 0.781. The molecular weight excluding hydrogens is 310 g/mol. The topological polar surface area (TPSA) is 60.2 Å². The van der Waals surface area contributed by atoms with Gasteiger partial charge in [0, 0.05) is 24.7 Å². The number of rotatable bonds is 8. The van der Waals surface area contributed by atoms with Gasteiger partial charge in [0.1, 0.15) is 12.4 Å². The van der Waals surface area contributed by atoms with Gasteiger partial charge in [-0.15, -0.1) is 0 Å². The van der Waals surface area contributed by atoms with Gasteiger partial charge in [-0.25, -0.2) is 0 Å². The number of hydrogen-bond donors (Lipinski definition) is 2. The molecule has 0 aliphatic heterocycles. The molecule has 136 valence electrons. The van der Waals surface area contributed by atoms with Crippen LogP contribution in [0.3, 0.4) is 0 Å². The van der Waals surface area contributed by atoms with Gasteiger partial charge in [-0.1, -0.05) is 44.2 Å². The van der Waals surface area contributed by atoms with E-state index in [1.165, 1.54) is 18.4 Å². The van der Waals surface area contributed by atoms with Gasteiger partial charge >= 0.3 is 0 Å². The first-order valence-electron chi connectivity index (χ1n) is 9.24. The maximum atomic E-state index is 6.14. The van der Waals surface area contributed by atoms with Gasteiger partial charge in [-0.05, 0) is 37.0 Å². The van der Waals surface area contributed by atoms with Crippen molar-refractivity contribution in [3.8, 4) is 5.75 Å². The zero-order chi connectivity index (χ0) is 18.1. The third-order valence-corrected chi connectivity index (χ3v) is 4.42. The number of aryl methyl sites for hydroxylation is 1. The molecular formula is C21H31N3O. The largest absolute Gasteiger partial charge is 0.490 e. The van der Waals surface area contributed by atoms with Gasteiger partial charge in [-0.2, -0.15) is 0 Å². The van der Waals surface area contributed by atoms with E-state index in [-0.39, 0.29) is 6.04 Å². The molecule has 0 spiro atoms. The molecule has 1 heterocycles.